The van der Waals surface area contributed by atoms with Crippen LogP contribution in [0.25, 0.3) is 0 Å². The number of phenols is 2. The summed E-state index contributed by atoms with van der Waals surface area (Å²) >= 11 is 0. The monoisotopic (exact) mass is 630 g/mol. The van der Waals surface area contributed by atoms with Gasteiger partial charge in [0.05, 0.1) is 12.6 Å². The summed E-state index contributed by atoms with van der Waals surface area (Å²) in [4.78, 5) is 63.9. The van der Waals surface area contributed by atoms with E-state index in [1.54, 1.807) is 0 Å². The molecule has 0 aliphatic heterocycles. The second-order valence-electron chi connectivity index (χ2n) is 10.6. The average Bonchev–Trinajstić information content (AvgIpc) is 3.00. The predicted octanol–water partition coefficient (Wildman–Crippen LogP) is -1.62. The van der Waals surface area contributed by atoms with E-state index in [0.717, 1.165) is 0 Å². The molecule has 0 aliphatic carbocycles. The van der Waals surface area contributed by atoms with Gasteiger partial charge in [-0.3, -0.25) is 19.2 Å². The molecule has 246 valence electrons. The summed E-state index contributed by atoms with van der Waals surface area (Å²) in [6, 6.07) is 5.21. The summed E-state index contributed by atoms with van der Waals surface area (Å²) < 4.78 is 0. The Hall–Kier alpha value is -4.73. The molecule has 4 amide bonds. The van der Waals surface area contributed by atoms with Gasteiger partial charge in [0.15, 0.2) is 0 Å². The van der Waals surface area contributed by atoms with Gasteiger partial charge in [0.1, 0.15) is 35.7 Å². The molecule has 2 rings (SSSR count). The zero-order valence-electron chi connectivity index (χ0n) is 24.9. The van der Waals surface area contributed by atoms with Gasteiger partial charge < -0.3 is 53.2 Å². The van der Waals surface area contributed by atoms with Gasteiger partial charge in [-0.05, 0) is 68.1 Å². The summed E-state index contributed by atoms with van der Waals surface area (Å²) in [5, 5.41) is 48.5. The fourth-order valence-corrected chi connectivity index (χ4v) is 4.22. The molecule has 15 heteroatoms. The molecule has 0 aromatic heterocycles. The van der Waals surface area contributed by atoms with Gasteiger partial charge in [0, 0.05) is 12.8 Å². The van der Waals surface area contributed by atoms with E-state index in [1.165, 1.54) is 55.5 Å². The average molecular weight is 631 g/mol. The Bertz CT molecular complexity index is 1290. The summed E-state index contributed by atoms with van der Waals surface area (Å²) in [5.74, 6) is -4.58. The van der Waals surface area contributed by atoms with Crippen LogP contribution in [0.15, 0.2) is 48.5 Å². The van der Waals surface area contributed by atoms with Crippen LogP contribution in [0.4, 0.5) is 0 Å². The smallest absolute Gasteiger partial charge is 0.326 e. The number of unbranched alkanes of at least 4 members (excludes halogenated alkanes) is 1. The lowest BCUT2D eigenvalue weighted by atomic mass is 10.0. The van der Waals surface area contributed by atoms with Gasteiger partial charge >= 0.3 is 5.97 Å². The zero-order chi connectivity index (χ0) is 33.5. The van der Waals surface area contributed by atoms with Crippen molar-refractivity contribution < 1.29 is 44.4 Å². The van der Waals surface area contributed by atoms with Gasteiger partial charge in [-0.1, -0.05) is 24.3 Å². The first kappa shape index (κ1) is 36.5. The summed E-state index contributed by atoms with van der Waals surface area (Å²) in [6.45, 7) is 0.920. The van der Waals surface area contributed by atoms with Crippen molar-refractivity contribution >= 4 is 29.6 Å². The number of carboxylic acids is 1. The lowest BCUT2D eigenvalue weighted by Gasteiger charge is -2.26. The maximum atomic E-state index is 13.4. The molecule has 0 unspecified atom stereocenters. The van der Waals surface area contributed by atoms with Crippen LogP contribution in [0, 0.1) is 0 Å². The largest absolute Gasteiger partial charge is 0.508 e. The van der Waals surface area contributed by atoms with Crippen LogP contribution >= 0.6 is 0 Å². The zero-order valence-corrected chi connectivity index (χ0v) is 24.9. The molecule has 2 aromatic rings. The Kier molecular flexibility index (Phi) is 14.7. The van der Waals surface area contributed by atoms with Crippen LogP contribution in [-0.4, -0.2) is 93.4 Å². The highest BCUT2D eigenvalue weighted by Crippen LogP contribution is 2.13. The van der Waals surface area contributed by atoms with Crippen LogP contribution in [0.3, 0.4) is 0 Å². The fraction of sp³-hybridized carbons (Fsp3) is 0.433. The number of nitrogens with one attached hydrogen (secondary N) is 4. The third-order valence-corrected chi connectivity index (χ3v) is 6.81. The predicted molar refractivity (Wildman–Crippen MR) is 163 cm³/mol. The van der Waals surface area contributed by atoms with Crippen molar-refractivity contribution in [1.29, 1.82) is 0 Å². The number of hydrogen-bond acceptors (Lipinski definition) is 10. The van der Waals surface area contributed by atoms with Crippen molar-refractivity contribution in [3.8, 4) is 11.5 Å². The number of amides is 4. The molecule has 0 fully saturated rings. The minimum Gasteiger partial charge on any atom is -0.508 e. The van der Waals surface area contributed by atoms with Crippen molar-refractivity contribution in [2.75, 3.05) is 13.2 Å². The first-order valence-corrected chi connectivity index (χ1v) is 14.4. The molecule has 0 saturated carbocycles. The van der Waals surface area contributed by atoms with Crippen LogP contribution in [0.5, 0.6) is 11.5 Å². The number of rotatable bonds is 18. The highest BCUT2D eigenvalue weighted by molar-refractivity contribution is 5.95. The Labute approximate surface area is 260 Å². The van der Waals surface area contributed by atoms with Crippen LogP contribution in [0.1, 0.15) is 37.3 Å². The van der Waals surface area contributed by atoms with Crippen molar-refractivity contribution in [3.05, 3.63) is 59.7 Å². The SMILES string of the molecule is C[C@H](N)C(=O)N[C@@H](CCCCN)C(=O)N[C@@H](Cc1ccc(O)cc1)C(=O)N[C@@H](CO)C(=O)N[C@@H](Cc1ccc(O)cc1)C(=O)O. The maximum absolute atomic E-state index is 13.4. The summed E-state index contributed by atoms with van der Waals surface area (Å²) in [5.41, 5.74) is 12.2. The number of nitrogens with two attached hydrogens (primary N) is 2. The van der Waals surface area contributed by atoms with E-state index < -0.39 is 66.4 Å². The van der Waals surface area contributed by atoms with Crippen molar-refractivity contribution in [2.45, 2.75) is 69.2 Å². The number of carbonyl (C=O) groups excluding carboxylic acids is 4. The quantitative estimate of drug-likeness (QED) is 0.0836. The highest BCUT2D eigenvalue weighted by atomic mass is 16.4. The number of aromatic hydroxyl groups is 2. The highest BCUT2D eigenvalue weighted by Gasteiger charge is 2.31. The van der Waals surface area contributed by atoms with E-state index in [2.05, 4.69) is 21.3 Å². The van der Waals surface area contributed by atoms with E-state index in [-0.39, 0.29) is 30.8 Å². The molecule has 0 spiro atoms. The van der Waals surface area contributed by atoms with E-state index in [1.807, 2.05) is 0 Å². The van der Waals surface area contributed by atoms with E-state index in [0.29, 0.717) is 30.5 Å². The number of hydrogen-bond donors (Lipinski definition) is 10. The molecule has 0 aliphatic rings. The molecule has 5 atom stereocenters. The first-order valence-electron chi connectivity index (χ1n) is 14.4. The normalized spacial score (nSPS) is 14.2. The number of aliphatic hydroxyl groups excluding tert-OH is 1. The number of aliphatic hydroxyl groups is 1. The number of benzene rings is 2. The molecule has 2 aromatic carbocycles. The van der Waals surface area contributed by atoms with Crippen LogP contribution in [0.2, 0.25) is 0 Å². The topological polar surface area (TPSA) is 266 Å². The molecule has 12 N–H and O–H groups in total. The molecule has 0 saturated heterocycles. The number of aliphatic carboxylic acids is 1. The number of phenolic OH excluding ortho intramolecular Hbond substituents is 2. The Morgan fingerprint density at radius 3 is 1.56 bits per heavy atom. The van der Waals surface area contributed by atoms with Gasteiger partial charge in [-0.2, -0.15) is 0 Å². The van der Waals surface area contributed by atoms with E-state index in [9.17, 15) is 44.4 Å². The third-order valence-electron chi connectivity index (χ3n) is 6.81. The second-order valence-corrected chi connectivity index (χ2v) is 10.6. The minimum atomic E-state index is -1.59. The maximum Gasteiger partial charge on any atom is 0.326 e. The molecule has 0 radical (unpaired) electrons. The molecule has 0 bridgehead atoms. The Morgan fingerprint density at radius 1 is 0.667 bits per heavy atom. The summed E-state index contributed by atoms with van der Waals surface area (Å²) in [7, 11) is 0. The molecular weight excluding hydrogens is 588 g/mol. The number of carboxylic acid groups (broad SMARTS) is 1. The van der Waals surface area contributed by atoms with E-state index in [4.69, 9.17) is 11.5 Å². The first-order chi connectivity index (χ1) is 21.3. The van der Waals surface area contributed by atoms with Gasteiger partial charge in [0.2, 0.25) is 23.6 Å². The van der Waals surface area contributed by atoms with Gasteiger partial charge in [-0.15, -0.1) is 0 Å². The van der Waals surface area contributed by atoms with E-state index >= 15 is 0 Å². The second kappa shape index (κ2) is 18.2. The molecule has 45 heavy (non-hydrogen) atoms. The Balaban J connectivity index is 2.24. The standard InChI is InChI=1S/C30H42N6O9/c1-17(32)26(40)33-22(4-2-3-13-31)27(41)34-23(14-18-5-9-20(38)10-6-18)28(42)36-25(16-37)29(43)35-24(30(44)45)15-19-7-11-21(39)12-8-19/h5-12,17,22-25,37-39H,2-4,13-16,31-32H2,1H3,(H,33,40)(H,34,41)(H,35,43)(H,36,42)(H,44,45)/t17-,22-,23-,24-,25-/m0/s1. The lowest BCUT2D eigenvalue weighted by Crippen LogP contribution is -2.59. The fourth-order valence-electron chi connectivity index (χ4n) is 4.22. The minimum absolute atomic E-state index is 0.0233. The number of carbonyl (C=O) groups is 5. The van der Waals surface area contributed by atoms with Gasteiger partial charge in [-0.25, -0.2) is 4.79 Å². The molecular formula is C30H42N6O9. The third kappa shape index (κ3) is 12.4. The van der Waals surface area contributed by atoms with Crippen molar-refractivity contribution in [1.82, 2.24) is 21.3 Å². The molecule has 15 nitrogen and oxygen atoms in total. The Morgan fingerprint density at radius 2 is 1.09 bits per heavy atom. The van der Waals surface area contributed by atoms with Crippen LogP contribution in [-0.2, 0) is 36.8 Å². The van der Waals surface area contributed by atoms with Gasteiger partial charge in [0.25, 0.3) is 0 Å². The van der Waals surface area contributed by atoms with Crippen molar-refractivity contribution in [2.24, 2.45) is 11.5 Å². The lowest BCUT2D eigenvalue weighted by molar-refractivity contribution is -0.142. The van der Waals surface area contributed by atoms with Crippen molar-refractivity contribution in [3.63, 3.8) is 0 Å². The molecule has 0 heterocycles. The van der Waals surface area contributed by atoms with Crippen LogP contribution < -0.4 is 32.7 Å². The summed E-state index contributed by atoms with van der Waals surface area (Å²) in [6.07, 6.45) is 1.02.